The van der Waals surface area contributed by atoms with Gasteiger partial charge in [-0.3, -0.25) is 9.69 Å². The lowest BCUT2D eigenvalue weighted by Gasteiger charge is -2.49. The van der Waals surface area contributed by atoms with E-state index in [1.807, 2.05) is 30.3 Å². The van der Waals surface area contributed by atoms with Gasteiger partial charge in [-0.25, -0.2) is 4.79 Å². The maximum Gasteiger partial charge on any atom is 0.410 e. The lowest BCUT2D eigenvalue weighted by atomic mass is 9.89. The first-order valence-electron chi connectivity index (χ1n) is 7.47. The summed E-state index contributed by atoms with van der Waals surface area (Å²) in [6.07, 6.45) is -0.284. The maximum atomic E-state index is 12.7. The Morgan fingerprint density at radius 2 is 2.05 bits per heavy atom. The molecule has 1 aromatic rings. The molecule has 0 saturated carbocycles. The smallest absolute Gasteiger partial charge is 0.410 e. The molecule has 6 heteroatoms. The Balaban J connectivity index is 1.81. The number of rotatable bonds is 2. The van der Waals surface area contributed by atoms with E-state index in [-0.39, 0.29) is 18.4 Å². The average Bonchev–Trinajstić information content (AvgIpc) is 2.52. The van der Waals surface area contributed by atoms with Gasteiger partial charge in [-0.05, 0) is 12.0 Å². The Labute approximate surface area is 129 Å². The Bertz CT molecular complexity index is 563. The van der Waals surface area contributed by atoms with Crippen LogP contribution in [0.3, 0.4) is 0 Å². The zero-order valence-electron chi connectivity index (χ0n) is 12.5. The SMILES string of the molecule is COC(=O)N1[C@H]2C[C@H](O)C[C@@H]1C(=O)N(Cc1ccccc1)C2. The summed E-state index contributed by atoms with van der Waals surface area (Å²) in [5, 5.41) is 9.93. The molecule has 2 bridgehead atoms. The van der Waals surface area contributed by atoms with Crippen LogP contribution in [0, 0.1) is 0 Å². The summed E-state index contributed by atoms with van der Waals surface area (Å²) < 4.78 is 4.80. The number of hydrogen-bond acceptors (Lipinski definition) is 4. The molecule has 0 aliphatic carbocycles. The van der Waals surface area contributed by atoms with E-state index < -0.39 is 18.2 Å². The van der Waals surface area contributed by atoms with Crippen LogP contribution >= 0.6 is 0 Å². The molecular weight excluding hydrogens is 284 g/mol. The summed E-state index contributed by atoms with van der Waals surface area (Å²) >= 11 is 0. The molecule has 22 heavy (non-hydrogen) atoms. The van der Waals surface area contributed by atoms with Crippen LogP contribution < -0.4 is 0 Å². The minimum absolute atomic E-state index is 0.121. The monoisotopic (exact) mass is 304 g/mol. The minimum Gasteiger partial charge on any atom is -0.453 e. The molecule has 118 valence electrons. The van der Waals surface area contributed by atoms with Crippen molar-refractivity contribution in [1.29, 1.82) is 0 Å². The number of carbonyl (C=O) groups is 2. The predicted octanol–water partition coefficient (Wildman–Crippen LogP) is 0.989. The normalized spacial score (nSPS) is 27.7. The Hall–Kier alpha value is -2.08. The molecule has 1 N–H and O–H groups in total. The summed E-state index contributed by atoms with van der Waals surface area (Å²) in [4.78, 5) is 27.9. The van der Waals surface area contributed by atoms with Crippen LogP contribution in [-0.4, -0.2) is 58.7 Å². The molecule has 0 spiro atoms. The number of piperazine rings is 1. The van der Waals surface area contributed by atoms with Gasteiger partial charge in [0.15, 0.2) is 0 Å². The van der Waals surface area contributed by atoms with Crippen LogP contribution in [0.5, 0.6) is 0 Å². The van der Waals surface area contributed by atoms with Crippen LogP contribution in [0.2, 0.25) is 0 Å². The summed E-state index contributed by atoms with van der Waals surface area (Å²) in [6.45, 7) is 0.953. The van der Waals surface area contributed by atoms with Crippen molar-refractivity contribution in [3.05, 3.63) is 35.9 Å². The van der Waals surface area contributed by atoms with E-state index in [0.717, 1.165) is 5.56 Å². The summed E-state index contributed by atoms with van der Waals surface area (Å²) in [5.41, 5.74) is 1.06. The molecule has 0 radical (unpaired) electrons. The number of carbonyl (C=O) groups excluding carboxylic acids is 2. The van der Waals surface area contributed by atoms with E-state index >= 15 is 0 Å². The second kappa shape index (κ2) is 5.96. The van der Waals surface area contributed by atoms with Gasteiger partial charge in [0.25, 0.3) is 0 Å². The third-order valence-corrected chi connectivity index (χ3v) is 4.40. The van der Waals surface area contributed by atoms with Crippen molar-refractivity contribution in [2.24, 2.45) is 0 Å². The Morgan fingerprint density at radius 3 is 2.73 bits per heavy atom. The van der Waals surface area contributed by atoms with Crippen molar-refractivity contribution in [2.45, 2.75) is 37.6 Å². The lowest BCUT2D eigenvalue weighted by molar-refractivity contribution is -0.151. The average molecular weight is 304 g/mol. The fraction of sp³-hybridized carbons (Fsp3) is 0.500. The minimum atomic E-state index is -0.626. The molecule has 2 amide bonds. The second-order valence-corrected chi connectivity index (χ2v) is 5.88. The number of methoxy groups -OCH3 is 1. The summed E-state index contributed by atoms with van der Waals surface area (Å²) in [7, 11) is 1.31. The van der Waals surface area contributed by atoms with Gasteiger partial charge in [-0.2, -0.15) is 0 Å². The first-order chi connectivity index (χ1) is 10.6. The first kappa shape index (κ1) is 14.8. The number of benzene rings is 1. The van der Waals surface area contributed by atoms with Crippen LogP contribution in [0.15, 0.2) is 30.3 Å². The Morgan fingerprint density at radius 1 is 1.32 bits per heavy atom. The molecule has 2 heterocycles. The number of amides is 2. The van der Waals surface area contributed by atoms with Crippen molar-refractivity contribution in [3.63, 3.8) is 0 Å². The molecule has 0 unspecified atom stereocenters. The van der Waals surface area contributed by atoms with Gasteiger partial charge < -0.3 is 14.7 Å². The molecule has 2 aliphatic heterocycles. The number of aliphatic hydroxyl groups excluding tert-OH is 1. The highest BCUT2D eigenvalue weighted by Gasteiger charge is 2.48. The summed E-state index contributed by atoms with van der Waals surface area (Å²) in [5.74, 6) is -0.121. The van der Waals surface area contributed by atoms with Gasteiger partial charge in [-0.15, -0.1) is 0 Å². The van der Waals surface area contributed by atoms with Gasteiger partial charge in [0.2, 0.25) is 5.91 Å². The fourth-order valence-electron chi connectivity index (χ4n) is 3.42. The molecule has 2 fully saturated rings. The Kier molecular flexibility index (Phi) is 4.02. The number of ether oxygens (including phenoxy) is 1. The van der Waals surface area contributed by atoms with Gasteiger partial charge in [0.1, 0.15) is 6.04 Å². The highest BCUT2D eigenvalue weighted by atomic mass is 16.5. The van der Waals surface area contributed by atoms with Gasteiger partial charge in [0.05, 0.1) is 19.3 Å². The first-order valence-corrected chi connectivity index (χ1v) is 7.47. The second-order valence-electron chi connectivity index (χ2n) is 5.88. The van der Waals surface area contributed by atoms with E-state index in [4.69, 9.17) is 4.74 Å². The maximum absolute atomic E-state index is 12.7. The van der Waals surface area contributed by atoms with E-state index in [0.29, 0.717) is 19.5 Å². The fourth-order valence-corrected chi connectivity index (χ4v) is 3.42. The molecule has 2 aliphatic rings. The lowest BCUT2D eigenvalue weighted by Crippen LogP contribution is -2.67. The van der Waals surface area contributed by atoms with Gasteiger partial charge in [0, 0.05) is 19.5 Å². The topological polar surface area (TPSA) is 70.1 Å². The molecular formula is C16H20N2O4. The zero-order valence-corrected chi connectivity index (χ0v) is 12.5. The highest BCUT2D eigenvalue weighted by Crippen LogP contribution is 2.31. The van der Waals surface area contributed by atoms with Crippen molar-refractivity contribution in [3.8, 4) is 0 Å². The van der Waals surface area contributed by atoms with Crippen molar-refractivity contribution < 1.29 is 19.4 Å². The standard InChI is InChI=1S/C16H20N2O4/c1-22-16(21)18-12-7-13(19)8-14(18)15(20)17(10-12)9-11-5-3-2-4-6-11/h2-6,12-14,19H,7-10H2,1H3/t12-,13-,14+/m0/s1. The summed E-state index contributed by atoms with van der Waals surface area (Å²) in [6, 6.07) is 8.95. The molecule has 1 aromatic carbocycles. The van der Waals surface area contributed by atoms with Crippen molar-refractivity contribution in [2.75, 3.05) is 13.7 Å². The zero-order chi connectivity index (χ0) is 15.7. The largest absolute Gasteiger partial charge is 0.453 e. The van der Waals surface area contributed by atoms with Crippen LogP contribution in [0.25, 0.3) is 0 Å². The number of piperidine rings is 1. The van der Waals surface area contributed by atoms with Gasteiger partial charge >= 0.3 is 6.09 Å². The van der Waals surface area contributed by atoms with Crippen LogP contribution in [-0.2, 0) is 16.1 Å². The third kappa shape index (κ3) is 2.66. The van der Waals surface area contributed by atoms with E-state index in [1.54, 1.807) is 4.90 Å². The molecule has 2 saturated heterocycles. The molecule has 3 atom stereocenters. The quantitative estimate of drug-likeness (QED) is 0.884. The van der Waals surface area contributed by atoms with Gasteiger partial charge in [-0.1, -0.05) is 30.3 Å². The van der Waals surface area contributed by atoms with E-state index in [2.05, 4.69) is 0 Å². The molecule has 6 nitrogen and oxygen atoms in total. The predicted molar refractivity (Wildman–Crippen MR) is 78.9 cm³/mol. The van der Waals surface area contributed by atoms with Crippen molar-refractivity contribution >= 4 is 12.0 Å². The number of aliphatic hydroxyl groups is 1. The van der Waals surface area contributed by atoms with Crippen molar-refractivity contribution in [1.82, 2.24) is 9.80 Å². The van der Waals surface area contributed by atoms with E-state index in [9.17, 15) is 14.7 Å². The van der Waals surface area contributed by atoms with Crippen LogP contribution in [0.4, 0.5) is 4.79 Å². The third-order valence-electron chi connectivity index (χ3n) is 4.40. The molecule has 3 rings (SSSR count). The molecule has 0 aromatic heterocycles. The van der Waals surface area contributed by atoms with Crippen LogP contribution in [0.1, 0.15) is 18.4 Å². The van der Waals surface area contributed by atoms with E-state index in [1.165, 1.54) is 12.0 Å². The number of nitrogens with zero attached hydrogens (tertiary/aromatic N) is 2. The highest BCUT2D eigenvalue weighted by molar-refractivity contribution is 5.87. The number of hydrogen-bond donors (Lipinski definition) is 1. The number of likely N-dealkylation sites (tertiary alicyclic amines) is 1. The number of fused-ring (bicyclic) bond motifs is 2.